The van der Waals surface area contributed by atoms with Crippen LogP contribution in [0.2, 0.25) is 0 Å². The molecular weight excluding hydrogens is 182 g/mol. The van der Waals surface area contributed by atoms with E-state index in [0.717, 1.165) is 0 Å². The standard InChI is InChI=1S/C7H10F2N2O2/c8-7(9)2-1-5(12)11(4-3-7)6(10)13/h1-4H2,(H2,10,13). The van der Waals surface area contributed by atoms with Crippen LogP contribution >= 0.6 is 0 Å². The van der Waals surface area contributed by atoms with E-state index in [1.165, 1.54) is 0 Å². The number of primary amides is 1. The van der Waals surface area contributed by atoms with E-state index >= 15 is 0 Å². The lowest BCUT2D eigenvalue weighted by Crippen LogP contribution is -2.40. The second kappa shape index (κ2) is 3.27. The molecule has 2 N–H and O–H groups in total. The lowest BCUT2D eigenvalue weighted by molar-refractivity contribution is -0.127. The smallest absolute Gasteiger partial charge is 0.321 e. The zero-order valence-electron chi connectivity index (χ0n) is 6.93. The van der Waals surface area contributed by atoms with Crippen molar-refractivity contribution in [3.8, 4) is 0 Å². The highest BCUT2D eigenvalue weighted by Crippen LogP contribution is 2.27. The van der Waals surface area contributed by atoms with Gasteiger partial charge in [0.25, 0.3) is 0 Å². The number of carbonyl (C=O) groups excluding carboxylic acids is 2. The highest BCUT2D eigenvalue weighted by Gasteiger charge is 2.36. The number of urea groups is 1. The number of hydrogen-bond donors (Lipinski definition) is 1. The fourth-order valence-corrected chi connectivity index (χ4v) is 1.18. The van der Waals surface area contributed by atoms with Gasteiger partial charge in [0.2, 0.25) is 11.8 Å². The second-order valence-electron chi connectivity index (χ2n) is 2.99. The summed E-state index contributed by atoms with van der Waals surface area (Å²) in [5, 5.41) is 0. The van der Waals surface area contributed by atoms with Crippen LogP contribution in [0.5, 0.6) is 0 Å². The topological polar surface area (TPSA) is 63.4 Å². The number of hydrogen-bond acceptors (Lipinski definition) is 2. The minimum atomic E-state index is -2.86. The van der Waals surface area contributed by atoms with Crippen LogP contribution in [0.25, 0.3) is 0 Å². The van der Waals surface area contributed by atoms with E-state index in [-0.39, 0.29) is 13.0 Å². The van der Waals surface area contributed by atoms with Crippen LogP contribution in [-0.2, 0) is 4.79 Å². The third kappa shape index (κ3) is 2.37. The van der Waals surface area contributed by atoms with E-state index in [0.29, 0.717) is 4.90 Å². The van der Waals surface area contributed by atoms with Crippen molar-refractivity contribution in [2.24, 2.45) is 5.73 Å². The Morgan fingerprint density at radius 3 is 2.62 bits per heavy atom. The molecule has 1 heterocycles. The Kier molecular flexibility index (Phi) is 2.49. The first-order valence-corrected chi connectivity index (χ1v) is 3.90. The number of imide groups is 1. The molecule has 74 valence electrons. The minimum absolute atomic E-state index is 0.291. The highest BCUT2D eigenvalue weighted by atomic mass is 19.3. The normalized spacial score (nSPS) is 22.6. The average molecular weight is 192 g/mol. The summed E-state index contributed by atoms with van der Waals surface area (Å²) in [6, 6.07) is -0.956. The van der Waals surface area contributed by atoms with Crippen LogP contribution in [0.4, 0.5) is 13.6 Å². The van der Waals surface area contributed by atoms with Gasteiger partial charge in [0, 0.05) is 25.8 Å². The van der Waals surface area contributed by atoms with Gasteiger partial charge >= 0.3 is 6.03 Å². The van der Waals surface area contributed by atoms with Crippen LogP contribution < -0.4 is 5.73 Å². The summed E-state index contributed by atoms with van der Waals surface area (Å²) in [4.78, 5) is 22.3. The Hall–Kier alpha value is -1.20. The predicted octanol–water partition coefficient (Wildman–Crippen LogP) is 0.713. The maximum Gasteiger partial charge on any atom is 0.321 e. The van der Waals surface area contributed by atoms with Crippen molar-refractivity contribution in [3.63, 3.8) is 0 Å². The van der Waals surface area contributed by atoms with E-state index in [1.807, 2.05) is 0 Å². The van der Waals surface area contributed by atoms with Crippen LogP contribution in [0.15, 0.2) is 0 Å². The average Bonchev–Trinajstić information content (AvgIpc) is 2.11. The van der Waals surface area contributed by atoms with Crippen molar-refractivity contribution in [2.45, 2.75) is 25.2 Å². The summed E-state index contributed by atoms with van der Waals surface area (Å²) in [5.74, 6) is -3.48. The van der Waals surface area contributed by atoms with Gasteiger partial charge in [-0.3, -0.25) is 9.69 Å². The molecule has 3 amide bonds. The van der Waals surface area contributed by atoms with Crippen molar-refractivity contribution in [2.75, 3.05) is 6.54 Å². The van der Waals surface area contributed by atoms with Gasteiger partial charge in [0.05, 0.1) is 0 Å². The van der Waals surface area contributed by atoms with E-state index in [9.17, 15) is 18.4 Å². The van der Waals surface area contributed by atoms with Crippen LogP contribution in [0.3, 0.4) is 0 Å². The zero-order chi connectivity index (χ0) is 10.1. The zero-order valence-corrected chi connectivity index (χ0v) is 6.93. The summed E-state index contributed by atoms with van der Waals surface area (Å²) in [7, 11) is 0. The minimum Gasteiger partial charge on any atom is -0.351 e. The van der Waals surface area contributed by atoms with Gasteiger partial charge in [-0.15, -0.1) is 0 Å². The largest absolute Gasteiger partial charge is 0.351 e. The first-order chi connectivity index (χ1) is 5.92. The Labute approximate surface area is 73.7 Å². The summed E-state index contributed by atoms with van der Waals surface area (Å²) in [6.45, 7) is -0.291. The Bertz CT molecular complexity index is 243. The van der Waals surface area contributed by atoms with Gasteiger partial charge < -0.3 is 5.73 Å². The Morgan fingerprint density at radius 1 is 1.46 bits per heavy atom. The van der Waals surface area contributed by atoms with Gasteiger partial charge in [0.1, 0.15) is 0 Å². The van der Waals surface area contributed by atoms with Gasteiger partial charge in [-0.05, 0) is 0 Å². The van der Waals surface area contributed by atoms with Crippen molar-refractivity contribution in [1.29, 1.82) is 0 Å². The molecule has 0 bridgehead atoms. The monoisotopic (exact) mass is 192 g/mol. The third-order valence-corrected chi connectivity index (χ3v) is 1.97. The third-order valence-electron chi connectivity index (χ3n) is 1.97. The second-order valence-corrected chi connectivity index (χ2v) is 2.99. The lowest BCUT2D eigenvalue weighted by Gasteiger charge is -2.15. The van der Waals surface area contributed by atoms with Crippen molar-refractivity contribution >= 4 is 11.9 Å². The molecule has 1 rings (SSSR count). The van der Waals surface area contributed by atoms with E-state index in [1.54, 1.807) is 0 Å². The molecule has 0 spiro atoms. The molecule has 0 aromatic heterocycles. The molecule has 0 aliphatic carbocycles. The molecule has 6 heteroatoms. The van der Waals surface area contributed by atoms with Crippen LogP contribution in [0, 0.1) is 0 Å². The summed E-state index contributed by atoms with van der Waals surface area (Å²) < 4.78 is 25.5. The lowest BCUT2D eigenvalue weighted by atomic mass is 10.1. The Balaban J connectivity index is 2.71. The molecule has 0 saturated carbocycles. The van der Waals surface area contributed by atoms with Crippen molar-refractivity contribution in [3.05, 3.63) is 0 Å². The molecule has 1 saturated heterocycles. The fourth-order valence-electron chi connectivity index (χ4n) is 1.18. The summed E-state index contributed by atoms with van der Waals surface area (Å²) in [5.41, 5.74) is 4.84. The van der Waals surface area contributed by atoms with Gasteiger partial charge in [-0.25, -0.2) is 13.6 Å². The number of alkyl halides is 2. The maximum absolute atomic E-state index is 12.7. The molecule has 0 atom stereocenters. The molecule has 0 aromatic rings. The SMILES string of the molecule is NC(=O)N1CCC(F)(F)CCC1=O. The molecule has 0 radical (unpaired) electrons. The molecule has 1 aliphatic heterocycles. The number of nitrogens with zero attached hydrogens (tertiary/aromatic N) is 1. The van der Waals surface area contributed by atoms with Crippen LogP contribution in [-0.4, -0.2) is 29.3 Å². The first kappa shape index (κ1) is 9.88. The Morgan fingerprint density at radius 2 is 2.08 bits per heavy atom. The number of rotatable bonds is 0. The highest BCUT2D eigenvalue weighted by molar-refractivity contribution is 5.93. The molecule has 0 aromatic carbocycles. The molecule has 4 nitrogen and oxygen atoms in total. The predicted molar refractivity (Wildman–Crippen MR) is 40.1 cm³/mol. The quantitative estimate of drug-likeness (QED) is 0.614. The summed E-state index contributed by atoms with van der Waals surface area (Å²) in [6.07, 6.45) is -1.33. The number of amides is 3. The van der Waals surface area contributed by atoms with Gasteiger partial charge in [0.15, 0.2) is 0 Å². The van der Waals surface area contributed by atoms with Gasteiger partial charge in [-0.1, -0.05) is 0 Å². The maximum atomic E-state index is 12.7. The fraction of sp³-hybridized carbons (Fsp3) is 0.714. The van der Waals surface area contributed by atoms with E-state index in [2.05, 4.69) is 0 Å². The molecule has 1 fully saturated rings. The molecular formula is C7H10F2N2O2. The van der Waals surface area contributed by atoms with Gasteiger partial charge in [-0.2, -0.15) is 0 Å². The van der Waals surface area contributed by atoms with E-state index < -0.39 is 30.7 Å². The van der Waals surface area contributed by atoms with Crippen LogP contribution in [0.1, 0.15) is 19.3 Å². The number of carbonyl (C=O) groups is 2. The summed E-state index contributed by atoms with van der Waals surface area (Å²) >= 11 is 0. The molecule has 1 aliphatic rings. The van der Waals surface area contributed by atoms with Crippen molar-refractivity contribution in [1.82, 2.24) is 4.90 Å². The number of likely N-dealkylation sites (tertiary alicyclic amines) is 1. The number of nitrogens with two attached hydrogens (primary N) is 1. The molecule has 13 heavy (non-hydrogen) atoms. The van der Waals surface area contributed by atoms with Crippen molar-refractivity contribution < 1.29 is 18.4 Å². The van der Waals surface area contributed by atoms with E-state index in [4.69, 9.17) is 5.73 Å². The number of halogens is 2. The molecule has 0 unspecified atom stereocenters. The first-order valence-electron chi connectivity index (χ1n) is 3.90.